The van der Waals surface area contributed by atoms with Crippen molar-refractivity contribution in [1.82, 2.24) is 4.90 Å². The number of ether oxygens (including phenoxy) is 2. The van der Waals surface area contributed by atoms with E-state index in [1.54, 1.807) is 30.2 Å². The van der Waals surface area contributed by atoms with Gasteiger partial charge < -0.3 is 20.1 Å². The van der Waals surface area contributed by atoms with Crippen LogP contribution in [0.25, 0.3) is 0 Å². The van der Waals surface area contributed by atoms with Crippen molar-refractivity contribution in [1.29, 1.82) is 0 Å². The van der Waals surface area contributed by atoms with Crippen molar-refractivity contribution in [3.63, 3.8) is 0 Å². The van der Waals surface area contributed by atoms with Crippen LogP contribution in [0.1, 0.15) is 23.2 Å². The van der Waals surface area contributed by atoms with Crippen molar-refractivity contribution in [2.24, 2.45) is 0 Å². The van der Waals surface area contributed by atoms with Crippen LogP contribution in [-0.4, -0.2) is 44.2 Å². The van der Waals surface area contributed by atoms with Gasteiger partial charge in [-0.1, -0.05) is 6.07 Å². The molecule has 1 saturated heterocycles. The van der Waals surface area contributed by atoms with Gasteiger partial charge in [0.25, 0.3) is 5.91 Å². The highest BCUT2D eigenvalue weighted by Gasteiger charge is 2.25. The van der Waals surface area contributed by atoms with E-state index in [4.69, 9.17) is 15.2 Å². The van der Waals surface area contributed by atoms with E-state index in [9.17, 15) is 4.79 Å². The molecule has 0 aromatic heterocycles. The Kier molecular flexibility index (Phi) is 4.27. The summed E-state index contributed by atoms with van der Waals surface area (Å²) in [6.07, 6.45) is 1.73. The molecule has 0 atom stereocenters. The third-order valence-electron chi connectivity index (χ3n) is 3.58. The van der Waals surface area contributed by atoms with E-state index in [0.29, 0.717) is 30.2 Å². The fourth-order valence-corrected chi connectivity index (χ4v) is 2.34. The number of amides is 1. The van der Waals surface area contributed by atoms with Gasteiger partial charge in [-0.25, -0.2) is 0 Å². The minimum absolute atomic E-state index is 0.0664. The van der Waals surface area contributed by atoms with Gasteiger partial charge in [-0.3, -0.25) is 4.79 Å². The van der Waals surface area contributed by atoms with Crippen LogP contribution in [0.3, 0.4) is 0 Å². The Morgan fingerprint density at radius 1 is 1.42 bits per heavy atom. The second-order valence-electron chi connectivity index (χ2n) is 4.68. The monoisotopic (exact) mass is 264 g/mol. The maximum atomic E-state index is 12.5. The Morgan fingerprint density at radius 2 is 2.11 bits per heavy atom. The van der Waals surface area contributed by atoms with Gasteiger partial charge in [-0.2, -0.15) is 0 Å². The predicted molar refractivity (Wildman–Crippen MR) is 73.3 cm³/mol. The first-order chi connectivity index (χ1) is 9.15. The number of hydrogen-bond donors (Lipinski definition) is 1. The molecular weight excluding hydrogens is 244 g/mol. The highest BCUT2D eigenvalue weighted by molar-refractivity contribution is 6.00. The fraction of sp³-hybridized carbons (Fsp3) is 0.500. The van der Waals surface area contributed by atoms with Crippen LogP contribution in [0.2, 0.25) is 0 Å². The molecule has 0 aliphatic carbocycles. The van der Waals surface area contributed by atoms with E-state index in [1.165, 1.54) is 0 Å². The molecule has 2 rings (SSSR count). The third-order valence-corrected chi connectivity index (χ3v) is 3.58. The van der Waals surface area contributed by atoms with Crippen LogP contribution in [0.15, 0.2) is 18.2 Å². The van der Waals surface area contributed by atoms with Gasteiger partial charge in [-0.05, 0) is 25.0 Å². The summed E-state index contributed by atoms with van der Waals surface area (Å²) in [6.45, 7) is 1.41. The molecule has 0 saturated carbocycles. The Morgan fingerprint density at radius 3 is 2.74 bits per heavy atom. The molecule has 2 N–H and O–H groups in total. The molecule has 0 radical (unpaired) electrons. The van der Waals surface area contributed by atoms with E-state index < -0.39 is 0 Å². The molecule has 1 fully saturated rings. The number of para-hydroxylation sites is 1. The summed E-state index contributed by atoms with van der Waals surface area (Å²) in [5.41, 5.74) is 6.86. The summed E-state index contributed by atoms with van der Waals surface area (Å²) >= 11 is 0. The van der Waals surface area contributed by atoms with Crippen LogP contribution in [0, 0.1) is 0 Å². The number of hydrogen-bond acceptors (Lipinski definition) is 4. The molecule has 104 valence electrons. The number of nitrogens with two attached hydrogens (primary N) is 1. The Hall–Kier alpha value is -1.75. The van der Waals surface area contributed by atoms with Crippen molar-refractivity contribution in [2.75, 3.05) is 33.1 Å². The zero-order chi connectivity index (χ0) is 13.8. The highest BCUT2D eigenvalue weighted by Crippen LogP contribution is 2.26. The molecular formula is C14H20N2O3. The summed E-state index contributed by atoms with van der Waals surface area (Å²) in [5, 5.41) is 0. The molecule has 0 unspecified atom stereocenters. The van der Waals surface area contributed by atoms with E-state index >= 15 is 0 Å². The number of nitrogens with zero attached hydrogens (tertiary/aromatic N) is 1. The van der Waals surface area contributed by atoms with Crippen LogP contribution in [0.5, 0.6) is 5.75 Å². The Bertz CT molecular complexity index is 456. The van der Waals surface area contributed by atoms with Crippen LogP contribution >= 0.6 is 0 Å². The summed E-state index contributed by atoms with van der Waals surface area (Å²) in [5.74, 6) is 0.467. The number of methoxy groups -OCH3 is 1. The normalized spacial score (nSPS) is 16.1. The zero-order valence-corrected chi connectivity index (χ0v) is 11.4. The van der Waals surface area contributed by atoms with Gasteiger partial charge in [0.05, 0.1) is 18.4 Å². The average molecular weight is 264 g/mol. The second kappa shape index (κ2) is 5.93. The number of carbonyl (C=O) groups is 1. The lowest BCUT2D eigenvalue weighted by Crippen LogP contribution is -2.40. The molecule has 0 bridgehead atoms. The van der Waals surface area contributed by atoms with Gasteiger partial charge in [0.15, 0.2) is 0 Å². The topological polar surface area (TPSA) is 64.8 Å². The maximum Gasteiger partial charge on any atom is 0.256 e. The quantitative estimate of drug-likeness (QED) is 0.841. The fourth-order valence-electron chi connectivity index (χ4n) is 2.34. The standard InChI is InChI=1S/C14H20N2O3/c1-16(10-6-8-19-9-7-10)14(17)11-4-3-5-12(18-2)13(11)15/h3-5,10H,6-9,15H2,1-2H3. The van der Waals surface area contributed by atoms with Gasteiger partial charge in [0, 0.05) is 26.3 Å². The zero-order valence-electron chi connectivity index (χ0n) is 11.4. The van der Waals surface area contributed by atoms with Crippen molar-refractivity contribution in [2.45, 2.75) is 18.9 Å². The second-order valence-corrected chi connectivity index (χ2v) is 4.68. The van der Waals surface area contributed by atoms with Crippen molar-refractivity contribution in [3.05, 3.63) is 23.8 Å². The lowest BCUT2D eigenvalue weighted by atomic mass is 10.1. The summed E-state index contributed by atoms with van der Waals surface area (Å²) < 4.78 is 10.5. The predicted octanol–water partition coefficient (Wildman–Crippen LogP) is 1.53. The minimum Gasteiger partial charge on any atom is -0.495 e. The van der Waals surface area contributed by atoms with E-state index in [-0.39, 0.29) is 11.9 Å². The van der Waals surface area contributed by atoms with E-state index in [2.05, 4.69) is 0 Å². The van der Waals surface area contributed by atoms with Gasteiger partial charge in [0.1, 0.15) is 5.75 Å². The largest absolute Gasteiger partial charge is 0.495 e. The molecule has 1 aromatic carbocycles. The van der Waals surface area contributed by atoms with Gasteiger partial charge in [0.2, 0.25) is 0 Å². The summed E-state index contributed by atoms with van der Waals surface area (Å²) in [4.78, 5) is 14.2. The van der Waals surface area contributed by atoms with Crippen molar-refractivity contribution >= 4 is 11.6 Å². The summed E-state index contributed by atoms with van der Waals surface area (Å²) in [7, 11) is 3.36. The van der Waals surface area contributed by atoms with E-state index in [0.717, 1.165) is 12.8 Å². The Labute approximate surface area is 113 Å². The van der Waals surface area contributed by atoms with Crippen molar-refractivity contribution in [3.8, 4) is 5.75 Å². The molecule has 19 heavy (non-hydrogen) atoms. The number of rotatable bonds is 3. The van der Waals surface area contributed by atoms with Crippen LogP contribution in [0.4, 0.5) is 5.69 Å². The molecule has 1 aliphatic rings. The number of carbonyl (C=O) groups excluding carboxylic acids is 1. The molecule has 1 aliphatic heterocycles. The number of benzene rings is 1. The first kappa shape index (κ1) is 13.7. The van der Waals surface area contributed by atoms with Crippen LogP contribution < -0.4 is 10.5 Å². The molecule has 1 heterocycles. The number of nitrogen functional groups attached to an aromatic ring is 1. The minimum atomic E-state index is -0.0664. The Balaban J connectivity index is 2.18. The SMILES string of the molecule is COc1cccc(C(=O)N(C)C2CCOCC2)c1N. The molecule has 1 aromatic rings. The van der Waals surface area contributed by atoms with Gasteiger partial charge >= 0.3 is 0 Å². The van der Waals surface area contributed by atoms with Crippen molar-refractivity contribution < 1.29 is 14.3 Å². The van der Waals surface area contributed by atoms with E-state index in [1.807, 2.05) is 7.05 Å². The van der Waals surface area contributed by atoms with Crippen LogP contribution in [-0.2, 0) is 4.74 Å². The first-order valence-corrected chi connectivity index (χ1v) is 6.42. The lowest BCUT2D eigenvalue weighted by Gasteiger charge is -2.31. The first-order valence-electron chi connectivity index (χ1n) is 6.42. The third kappa shape index (κ3) is 2.81. The average Bonchev–Trinajstić information content (AvgIpc) is 2.47. The molecule has 5 heteroatoms. The smallest absolute Gasteiger partial charge is 0.256 e. The highest BCUT2D eigenvalue weighted by atomic mass is 16.5. The number of anilines is 1. The molecule has 0 spiro atoms. The molecule has 1 amide bonds. The van der Waals surface area contributed by atoms with Gasteiger partial charge in [-0.15, -0.1) is 0 Å². The lowest BCUT2D eigenvalue weighted by molar-refractivity contribution is 0.0362. The maximum absolute atomic E-state index is 12.5. The summed E-state index contributed by atoms with van der Waals surface area (Å²) in [6, 6.07) is 5.48. The molecule has 5 nitrogen and oxygen atoms in total.